The van der Waals surface area contributed by atoms with Crippen molar-refractivity contribution >= 4 is 23.3 Å². The summed E-state index contributed by atoms with van der Waals surface area (Å²) >= 11 is 5.64. The highest BCUT2D eigenvalue weighted by molar-refractivity contribution is 6.17. The summed E-state index contributed by atoms with van der Waals surface area (Å²) in [5.74, 6) is 1.08. The van der Waals surface area contributed by atoms with Crippen molar-refractivity contribution in [2.75, 3.05) is 5.32 Å². The Labute approximate surface area is 136 Å². The van der Waals surface area contributed by atoms with Crippen molar-refractivity contribution < 1.29 is 18.0 Å². The van der Waals surface area contributed by atoms with Crippen molar-refractivity contribution in [1.29, 1.82) is 0 Å². The maximum Gasteiger partial charge on any atom is 0.320 e. The Morgan fingerprint density at radius 2 is 2.13 bits per heavy atom. The Morgan fingerprint density at radius 3 is 2.70 bits per heavy atom. The van der Waals surface area contributed by atoms with Crippen LogP contribution in [-0.2, 0) is 11.4 Å². The first-order chi connectivity index (χ1) is 10.8. The molecule has 1 fully saturated rings. The van der Waals surface area contributed by atoms with Crippen LogP contribution < -0.4 is 10.6 Å². The van der Waals surface area contributed by atoms with Crippen LogP contribution in [0.2, 0.25) is 0 Å². The molecule has 2 N–H and O–H groups in total. The lowest BCUT2D eigenvalue weighted by Crippen LogP contribution is -2.59. The van der Waals surface area contributed by atoms with Gasteiger partial charge in [-0.25, -0.2) is 18.0 Å². The van der Waals surface area contributed by atoms with Crippen LogP contribution in [0.1, 0.15) is 30.9 Å². The minimum Gasteiger partial charge on any atom is -0.312 e. The number of rotatable bonds is 2. The summed E-state index contributed by atoms with van der Waals surface area (Å²) in [5, 5.41) is 4.62. The molecule has 2 aliphatic rings. The molecule has 1 aromatic rings. The molecule has 2 amide bonds. The molecule has 1 atom stereocenters. The Bertz CT molecular complexity index is 731. The van der Waals surface area contributed by atoms with Gasteiger partial charge in [-0.05, 0) is 25.0 Å². The number of hydrogen-bond donors (Lipinski definition) is 2. The van der Waals surface area contributed by atoms with Crippen molar-refractivity contribution in [2.24, 2.45) is 5.92 Å². The molecular formula is C16H14ClF3N2O. The second-order valence-corrected chi connectivity index (χ2v) is 6.15. The largest absolute Gasteiger partial charge is 0.320 e. The first-order valence-electron chi connectivity index (χ1n) is 7.15. The van der Waals surface area contributed by atoms with Crippen LogP contribution in [-0.4, -0.2) is 12.0 Å². The molecule has 3 nitrogen and oxygen atoms in total. The molecule has 0 aromatic heterocycles. The van der Waals surface area contributed by atoms with Crippen LogP contribution in [0.3, 0.4) is 0 Å². The van der Waals surface area contributed by atoms with Gasteiger partial charge in [0.2, 0.25) is 0 Å². The fraction of sp³-hybridized carbons (Fsp3) is 0.438. The van der Waals surface area contributed by atoms with Crippen LogP contribution in [0.4, 0.5) is 23.7 Å². The molecule has 1 saturated carbocycles. The topological polar surface area (TPSA) is 41.1 Å². The van der Waals surface area contributed by atoms with Gasteiger partial charge in [-0.3, -0.25) is 0 Å². The monoisotopic (exact) mass is 342 g/mol. The zero-order chi connectivity index (χ0) is 16.8. The Morgan fingerprint density at radius 1 is 1.43 bits per heavy atom. The van der Waals surface area contributed by atoms with Crippen molar-refractivity contribution in [3.05, 3.63) is 29.1 Å². The summed E-state index contributed by atoms with van der Waals surface area (Å²) < 4.78 is 42.9. The second-order valence-electron chi connectivity index (χ2n) is 5.88. The average Bonchev–Trinajstić information content (AvgIpc) is 3.27. The summed E-state index contributed by atoms with van der Waals surface area (Å²) in [6.07, 6.45) is 1.69. The first kappa shape index (κ1) is 16.0. The summed E-state index contributed by atoms with van der Waals surface area (Å²) in [6, 6.07) is 1.44. The number of halogens is 4. The molecule has 3 rings (SSSR count). The molecule has 1 aliphatic heterocycles. The van der Waals surface area contributed by atoms with Gasteiger partial charge in [0, 0.05) is 29.7 Å². The molecule has 0 spiro atoms. The predicted octanol–water partition coefficient (Wildman–Crippen LogP) is 3.96. The summed E-state index contributed by atoms with van der Waals surface area (Å²) in [7, 11) is 0. The number of fused-ring (bicyclic) bond motifs is 1. The SMILES string of the molecule is CC(F)(F)C1(C#CC2CC2)NC(=O)Nc2cc(CCl)c(F)cc21. The molecular weight excluding hydrogens is 329 g/mol. The molecule has 7 heteroatoms. The molecule has 0 radical (unpaired) electrons. The zero-order valence-corrected chi connectivity index (χ0v) is 13.0. The predicted molar refractivity (Wildman–Crippen MR) is 80.9 cm³/mol. The number of alkyl halides is 3. The van der Waals surface area contributed by atoms with Crippen molar-refractivity contribution in [3.8, 4) is 11.8 Å². The van der Waals surface area contributed by atoms with Crippen LogP contribution in [0.15, 0.2) is 12.1 Å². The lowest BCUT2D eigenvalue weighted by molar-refractivity contribution is -0.0465. The molecule has 1 aromatic carbocycles. The Balaban J connectivity index is 2.23. The number of amides is 2. The van der Waals surface area contributed by atoms with E-state index in [4.69, 9.17) is 11.6 Å². The van der Waals surface area contributed by atoms with E-state index >= 15 is 0 Å². The third-order valence-electron chi connectivity index (χ3n) is 3.98. The van der Waals surface area contributed by atoms with E-state index in [0.29, 0.717) is 6.92 Å². The van der Waals surface area contributed by atoms with Gasteiger partial charge in [0.15, 0.2) is 5.54 Å². The van der Waals surface area contributed by atoms with Crippen molar-refractivity contribution in [1.82, 2.24) is 5.32 Å². The number of carbonyl (C=O) groups is 1. The van der Waals surface area contributed by atoms with Gasteiger partial charge in [0.25, 0.3) is 5.92 Å². The van der Waals surface area contributed by atoms with E-state index in [1.807, 2.05) is 0 Å². The van der Waals surface area contributed by atoms with Crippen LogP contribution in [0, 0.1) is 23.6 Å². The number of urea groups is 1. The van der Waals surface area contributed by atoms with E-state index in [9.17, 15) is 18.0 Å². The van der Waals surface area contributed by atoms with Gasteiger partial charge >= 0.3 is 6.03 Å². The van der Waals surface area contributed by atoms with Gasteiger partial charge < -0.3 is 10.6 Å². The third-order valence-corrected chi connectivity index (χ3v) is 4.27. The van der Waals surface area contributed by atoms with Gasteiger partial charge in [0.05, 0.1) is 5.88 Å². The average molecular weight is 343 g/mol. The fourth-order valence-corrected chi connectivity index (χ4v) is 2.72. The number of anilines is 1. The summed E-state index contributed by atoms with van der Waals surface area (Å²) in [6.45, 7) is 0.664. The molecule has 0 saturated heterocycles. The summed E-state index contributed by atoms with van der Waals surface area (Å²) in [4.78, 5) is 11.9. The maximum absolute atomic E-state index is 14.4. The van der Waals surface area contributed by atoms with Gasteiger partial charge in [-0.2, -0.15) is 0 Å². The van der Waals surface area contributed by atoms with Crippen molar-refractivity contribution in [3.63, 3.8) is 0 Å². The zero-order valence-electron chi connectivity index (χ0n) is 12.3. The molecule has 1 heterocycles. The normalized spacial score (nSPS) is 23.3. The van der Waals surface area contributed by atoms with E-state index in [0.717, 1.165) is 18.9 Å². The van der Waals surface area contributed by atoms with Gasteiger partial charge in [-0.1, -0.05) is 11.8 Å². The molecule has 122 valence electrons. The fourth-order valence-electron chi connectivity index (χ4n) is 2.52. The molecule has 0 bridgehead atoms. The van der Waals surface area contributed by atoms with E-state index in [1.165, 1.54) is 6.07 Å². The first-order valence-corrected chi connectivity index (χ1v) is 7.69. The number of nitrogens with one attached hydrogen (secondary N) is 2. The lowest BCUT2D eigenvalue weighted by atomic mass is 9.81. The minimum absolute atomic E-state index is 0.0522. The Kier molecular flexibility index (Phi) is 3.72. The Hall–Kier alpha value is -1.87. The van der Waals surface area contributed by atoms with Crippen molar-refractivity contribution in [2.45, 2.75) is 37.1 Å². The van der Waals surface area contributed by atoms with Gasteiger partial charge in [-0.15, -0.1) is 11.6 Å². The van der Waals surface area contributed by atoms with E-state index in [1.54, 1.807) is 0 Å². The van der Waals surface area contributed by atoms with E-state index in [2.05, 4.69) is 22.5 Å². The lowest BCUT2D eigenvalue weighted by Gasteiger charge is -2.40. The van der Waals surface area contributed by atoms with E-state index in [-0.39, 0.29) is 28.6 Å². The molecule has 1 unspecified atom stereocenters. The van der Waals surface area contributed by atoms with E-state index < -0.39 is 23.3 Å². The number of benzene rings is 1. The molecule has 1 aliphatic carbocycles. The molecule has 23 heavy (non-hydrogen) atoms. The number of hydrogen-bond acceptors (Lipinski definition) is 1. The van der Waals surface area contributed by atoms with Crippen LogP contribution in [0.25, 0.3) is 0 Å². The maximum atomic E-state index is 14.4. The minimum atomic E-state index is -3.41. The van der Waals surface area contributed by atoms with Crippen LogP contribution in [0.5, 0.6) is 0 Å². The summed E-state index contributed by atoms with van der Waals surface area (Å²) in [5.41, 5.74) is -2.14. The number of carbonyl (C=O) groups excluding carboxylic acids is 1. The third kappa shape index (κ3) is 2.74. The highest BCUT2D eigenvalue weighted by Gasteiger charge is 2.55. The highest BCUT2D eigenvalue weighted by atomic mass is 35.5. The smallest absolute Gasteiger partial charge is 0.312 e. The van der Waals surface area contributed by atoms with Gasteiger partial charge in [0.1, 0.15) is 5.82 Å². The second kappa shape index (κ2) is 5.34. The standard InChI is InChI=1S/C16H14ClF3N2O/c1-15(19,20)16(5-4-9-2-3-9)11-7-12(18)10(8-17)6-13(11)21-14(23)22-16/h6-7,9H,2-3,8H2,1H3,(H2,21,22,23). The quantitative estimate of drug-likeness (QED) is 0.620. The van der Waals surface area contributed by atoms with Crippen LogP contribution >= 0.6 is 11.6 Å². The highest BCUT2D eigenvalue weighted by Crippen LogP contribution is 2.44.